The number of H-pyrrole nitrogens is 1. The van der Waals surface area contributed by atoms with Crippen molar-refractivity contribution in [2.75, 3.05) is 7.11 Å². The van der Waals surface area contributed by atoms with Crippen molar-refractivity contribution < 1.29 is 14.3 Å². The third-order valence-electron chi connectivity index (χ3n) is 3.69. The minimum atomic E-state index is -0.415. The zero-order chi connectivity index (χ0) is 19.4. The number of hydrogen-bond acceptors (Lipinski definition) is 6. The second kappa shape index (κ2) is 7.96. The maximum atomic E-state index is 11.2. The van der Waals surface area contributed by atoms with E-state index < -0.39 is 5.97 Å². The molecule has 0 spiro atoms. The first-order valence-corrected chi connectivity index (χ1v) is 8.54. The highest BCUT2D eigenvalue weighted by molar-refractivity contribution is 7.71. The van der Waals surface area contributed by atoms with Crippen molar-refractivity contribution in [2.45, 2.75) is 13.8 Å². The maximum absolute atomic E-state index is 11.2. The Kier molecular flexibility index (Phi) is 5.46. The van der Waals surface area contributed by atoms with Gasteiger partial charge < -0.3 is 9.47 Å². The summed E-state index contributed by atoms with van der Waals surface area (Å²) in [4.78, 5) is 11.2. The number of ether oxygens (including phenoxy) is 2. The average Bonchev–Trinajstić information content (AvgIpc) is 3.01. The molecule has 0 saturated carbocycles. The molecule has 1 N–H and O–H groups in total. The summed E-state index contributed by atoms with van der Waals surface area (Å²) in [6.07, 6.45) is 1.63. The quantitative estimate of drug-likeness (QED) is 0.315. The standard InChI is InChI=1S/C19H18N4O3S/c1-12-5-4-6-15(9-12)18-21-22-19(27)23(18)20-11-14-7-8-16(26-13(2)24)17(10-14)25-3/h4-11H,1-3H3,(H,22,27)/b20-11+. The summed E-state index contributed by atoms with van der Waals surface area (Å²) in [5, 5.41) is 11.5. The van der Waals surface area contributed by atoms with E-state index in [1.807, 2.05) is 31.2 Å². The molecule has 138 valence electrons. The highest BCUT2D eigenvalue weighted by Gasteiger charge is 2.09. The normalized spacial score (nSPS) is 10.9. The van der Waals surface area contributed by atoms with Crippen molar-refractivity contribution in [3.05, 3.63) is 58.4 Å². The van der Waals surface area contributed by atoms with E-state index in [0.29, 0.717) is 22.1 Å². The van der Waals surface area contributed by atoms with Crippen LogP contribution in [0.3, 0.4) is 0 Å². The summed E-state index contributed by atoms with van der Waals surface area (Å²) in [6, 6.07) is 13.1. The Balaban J connectivity index is 1.94. The van der Waals surface area contributed by atoms with E-state index >= 15 is 0 Å². The molecule has 0 aliphatic rings. The van der Waals surface area contributed by atoms with E-state index in [1.54, 1.807) is 29.1 Å². The smallest absolute Gasteiger partial charge is 0.308 e. The fraction of sp³-hybridized carbons (Fsp3) is 0.158. The molecule has 1 aromatic heterocycles. The Bertz CT molecular complexity index is 1070. The molecular weight excluding hydrogens is 364 g/mol. The molecule has 0 saturated heterocycles. The van der Waals surface area contributed by atoms with Gasteiger partial charge in [-0.25, -0.2) is 5.10 Å². The summed E-state index contributed by atoms with van der Waals surface area (Å²) < 4.78 is 12.3. The van der Waals surface area contributed by atoms with Crippen LogP contribution < -0.4 is 9.47 Å². The fourth-order valence-corrected chi connectivity index (χ4v) is 2.68. The Morgan fingerprint density at radius 1 is 1.26 bits per heavy atom. The van der Waals surface area contributed by atoms with E-state index in [4.69, 9.17) is 21.7 Å². The highest BCUT2D eigenvalue weighted by atomic mass is 32.1. The van der Waals surface area contributed by atoms with Crippen LogP contribution in [0, 0.1) is 11.7 Å². The molecule has 8 heteroatoms. The van der Waals surface area contributed by atoms with Gasteiger partial charge in [-0.05, 0) is 49.0 Å². The van der Waals surface area contributed by atoms with E-state index in [1.165, 1.54) is 14.0 Å². The molecule has 0 fully saturated rings. The van der Waals surface area contributed by atoms with Gasteiger partial charge in [-0.3, -0.25) is 4.79 Å². The lowest BCUT2D eigenvalue weighted by Crippen LogP contribution is -2.03. The van der Waals surface area contributed by atoms with Gasteiger partial charge in [0.2, 0.25) is 4.77 Å². The summed E-state index contributed by atoms with van der Waals surface area (Å²) in [5.41, 5.74) is 2.77. The van der Waals surface area contributed by atoms with Gasteiger partial charge in [0.15, 0.2) is 17.3 Å². The van der Waals surface area contributed by atoms with Crippen molar-refractivity contribution in [1.29, 1.82) is 0 Å². The van der Waals surface area contributed by atoms with Crippen LogP contribution in [0.2, 0.25) is 0 Å². The monoisotopic (exact) mass is 382 g/mol. The van der Waals surface area contributed by atoms with Crippen LogP contribution in [-0.2, 0) is 4.79 Å². The first-order chi connectivity index (χ1) is 13.0. The first-order valence-electron chi connectivity index (χ1n) is 8.13. The molecule has 2 aromatic carbocycles. The van der Waals surface area contributed by atoms with Crippen LogP contribution in [0.1, 0.15) is 18.1 Å². The van der Waals surface area contributed by atoms with Gasteiger partial charge in [-0.2, -0.15) is 14.9 Å². The van der Waals surface area contributed by atoms with Gasteiger partial charge >= 0.3 is 5.97 Å². The third-order valence-corrected chi connectivity index (χ3v) is 3.95. The predicted octanol–water partition coefficient (Wildman–Crippen LogP) is 3.73. The van der Waals surface area contributed by atoms with Crippen LogP contribution in [-0.4, -0.2) is 34.2 Å². The second-order valence-electron chi connectivity index (χ2n) is 5.78. The minimum absolute atomic E-state index is 0.350. The van der Waals surface area contributed by atoms with E-state index in [2.05, 4.69) is 15.3 Å². The van der Waals surface area contributed by atoms with Gasteiger partial charge in [0.05, 0.1) is 13.3 Å². The van der Waals surface area contributed by atoms with Crippen LogP contribution >= 0.6 is 12.2 Å². The number of benzene rings is 2. The summed E-state index contributed by atoms with van der Waals surface area (Å²) in [6.45, 7) is 3.34. The summed E-state index contributed by atoms with van der Waals surface area (Å²) in [7, 11) is 1.51. The van der Waals surface area contributed by atoms with Crippen LogP contribution in [0.25, 0.3) is 11.4 Å². The lowest BCUT2D eigenvalue weighted by atomic mass is 10.1. The highest BCUT2D eigenvalue weighted by Crippen LogP contribution is 2.27. The number of hydrogen-bond donors (Lipinski definition) is 1. The molecule has 3 rings (SSSR count). The SMILES string of the molecule is COc1cc(/C=N/n2c(-c3cccc(C)c3)n[nH]c2=S)ccc1OC(C)=O. The molecule has 3 aromatic rings. The number of nitrogens with one attached hydrogen (secondary N) is 1. The molecular formula is C19H18N4O3S. The van der Waals surface area contributed by atoms with Gasteiger partial charge in [-0.1, -0.05) is 23.8 Å². The van der Waals surface area contributed by atoms with Crippen molar-refractivity contribution in [2.24, 2.45) is 5.10 Å². The number of carbonyl (C=O) groups is 1. The van der Waals surface area contributed by atoms with Gasteiger partial charge in [0, 0.05) is 12.5 Å². The predicted molar refractivity (Wildman–Crippen MR) is 105 cm³/mol. The van der Waals surface area contributed by atoms with Crippen molar-refractivity contribution >= 4 is 24.4 Å². The number of methoxy groups -OCH3 is 1. The van der Waals surface area contributed by atoms with Gasteiger partial charge in [-0.15, -0.1) is 0 Å². The number of esters is 1. The molecule has 0 radical (unpaired) electrons. The number of rotatable bonds is 5. The Morgan fingerprint density at radius 2 is 2.07 bits per heavy atom. The zero-order valence-corrected chi connectivity index (χ0v) is 15.9. The summed E-state index contributed by atoms with van der Waals surface area (Å²) >= 11 is 5.29. The minimum Gasteiger partial charge on any atom is -0.493 e. The molecule has 0 unspecified atom stereocenters. The van der Waals surface area contributed by atoms with Crippen LogP contribution in [0.4, 0.5) is 0 Å². The molecule has 1 heterocycles. The van der Waals surface area contributed by atoms with Gasteiger partial charge in [0.25, 0.3) is 0 Å². The average molecular weight is 382 g/mol. The Morgan fingerprint density at radius 3 is 2.78 bits per heavy atom. The molecule has 7 nitrogen and oxygen atoms in total. The summed E-state index contributed by atoms with van der Waals surface area (Å²) in [5.74, 6) is 0.983. The van der Waals surface area contributed by atoms with E-state index in [-0.39, 0.29) is 0 Å². The maximum Gasteiger partial charge on any atom is 0.308 e. The molecule has 0 bridgehead atoms. The lowest BCUT2D eigenvalue weighted by Gasteiger charge is -2.08. The number of aryl methyl sites for hydroxylation is 1. The first kappa shape index (κ1) is 18.5. The fourth-order valence-electron chi connectivity index (χ4n) is 2.50. The zero-order valence-electron chi connectivity index (χ0n) is 15.1. The lowest BCUT2D eigenvalue weighted by molar-refractivity contribution is -0.132. The molecule has 0 aliphatic carbocycles. The Hall–Kier alpha value is -3.26. The largest absolute Gasteiger partial charge is 0.493 e. The van der Waals surface area contributed by atoms with Gasteiger partial charge in [0.1, 0.15) is 0 Å². The second-order valence-corrected chi connectivity index (χ2v) is 6.17. The van der Waals surface area contributed by atoms with Crippen LogP contribution in [0.5, 0.6) is 11.5 Å². The van der Waals surface area contributed by atoms with E-state index in [9.17, 15) is 4.79 Å². The molecule has 0 aliphatic heterocycles. The molecule has 27 heavy (non-hydrogen) atoms. The van der Waals surface area contributed by atoms with Crippen molar-refractivity contribution in [3.8, 4) is 22.9 Å². The molecule has 0 atom stereocenters. The van der Waals surface area contributed by atoms with Crippen molar-refractivity contribution in [1.82, 2.24) is 14.9 Å². The number of nitrogens with zero attached hydrogens (tertiary/aromatic N) is 3. The molecule has 0 amide bonds. The van der Waals surface area contributed by atoms with Crippen molar-refractivity contribution in [3.63, 3.8) is 0 Å². The Labute approximate surface area is 161 Å². The third kappa shape index (κ3) is 4.29. The number of aromatic nitrogens is 3. The number of carbonyl (C=O) groups excluding carboxylic acids is 1. The van der Waals surface area contributed by atoms with E-state index in [0.717, 1.165) is 16.7 Å². The van der Waals surface area contributed by atoms with Crippen LogP contribution in [0.15, 0.2) is 47.6 Å². The number of aromatic amines is 1. The topological polar surface area (TPSA) is 81.5 Å².